The first-order valence-electron chi connectivity index (χ1n) is 5.44. The Hall–Kier alpha value is -1.36. The van der Waals surface area contributed by atoms with Crippen molar-refractivity contribution < 1.29 is 4.79 Å². The van der Waals surface area contributed by atoms with Crippen LogP contribution in [0.5, 0.6) is 0 Å². The molecule has 0 spiro atoms. The zero-order valence-electron chi connectivity index (χ0n) is 10.5. The van der Waals surface area contributed by atoms with Gasteiger partial charge < -0.3 is 10.2 Å². The largest absolute Gasteiger partial charge is 0.355 e. The highest BCUT2D eigenvalue weighted by molar-refractivity contribution is 6.30. The topological polar surface area (TPSA) is 58.1 Å². The number of amides is 1. The molecule has 0 radical (unpaired) electrons. The van der Waals surface area contributed by atoms with E-state index in [4.69, 9.17) is 11.6 Å². The Morgan fingerprint density at radius 3 is 2.59 bits per heavy atom. The number of hydrogen-bond donors (Lipinski definition) is 1. The SMILES string of the molecule is CCNC(=O)CN(C)c1nnc(Cl)c(C)c1C. The summed E-state index contributed by atoms with van der Waals surface area (Å²) in [5.41, 5.74) is 1.83. The van der Waals surface area contributed by atoms with Gasteiger partial charge in [-0.15, -0.1) is 10.2 Å². The van der Waals surface area contributed by atoms with Crippen molar-refractivity contribution in [1.29, 1.82) is 0 Å². The van der Waals surface area contributed by atoms with Crippen molar-refractivity contribution in [3.8, 4) is 0 Å². The van der Waals surface area contributed by atoms with Crippen molar-refractivity contribution >= 4 is 23.3 Å². The molecule has 0 bridgehead atoms. The predicted octanol–water partition coefficient (Wildman–Crippen LogP) is 1.32. The highest BCUT2D eigenvalue weighted by Crippen LogP contribution is 2.22. The van der Waals surface area contributed by atoms with Gasteiger partial charge in [0.25, 0.3) is 0 Å². The van der Waals surface area contributed by atoms with Crippen LogP contribution in [0.4, 0.5) is 5.82 Å². The maximum atomic E-state index is 11.5. The molecule has 0 atom stereocenters. The Morgan fingerprint density at radius 1 is 1.35 bits per heavy atom. The van der Waals surface area contributed by atoms with Crippen LogP contribution in [-0.4, -0.2) is 36.2 Å². The number of nitrogens with one attached hydrogen (secondary N) is 1. The molecule has 6 heteroatoms. The Kier molecular flexibility index (Phi) is 4.69. The monoisotopic (exact) mass is 256 g/mol. The van der Waals surface area contributed by atoms with Gasteiger partial charge in [-0.2, -0.15) is 0 Å². The zero-order valence-corrected chi connectivity index (χ0v) is 11.3. The van der Waals surface area contributed by atoms with Crippen molar-refractivity contribution in [2.75, 3.05) is 25.0 Å². The number of likely N-dealkylation sites (N-methyl/N-ethyl adjacent to an activating group) is 2. The zero-order chi connectivity index (χ0) is 13.0. The molecule has 5 nitrogen and oxygen atoms in total. The Balaban J connectivity index is 2.86. The third-order valence-electron chi connectivity index (χ3n) is 2.56. The normalized spacial score (nSPS) is 10.2. The van der Waals surface area contributed by atoms with Crippen LogP contribution in [0.1, 0.15) is 18.1 Å². The number of aromatic nitrogens is 2. The molecule has 0 saturated heterocycles. The highest BCUT2D eigenvalue weighted by atomic mass is 35.5. The molecule has 0 aliphatic carbocycles. The Labute approximate surface area is 106 Å². The van der Waals surface area contributed by atoms with E-state index in [1.54, 1.807) is 11.9 Å². The van der Waals surface area contributed by atoms with Crippen LogP contribution in [0.15, 0.2) is 0 Å². The molecule has 1 aromatic rings. The summed E-state index contributed by atoms with van der Waals surface area (Å²) in [6.07, 6.45) is 0. The van der Waals surface area contributed by atoms with Crippen LogP contribution in [-0.2, 0) is 4.79 Å². The van der Waals surface area contributed by atoms with Gasteiger partial charge in [0.1, 0.15) is 0 Å². The summed E-state index contributed by atoms with van der Waals surface area (Å²) < 4.78 is 0. The van der Waals surface area contributed by atoms with Crippen molar-refractivity contribution in [3.63, 3.8) is 0 Å². The quantitative estimate of drug-likeness (QED) is 0.883. The van der Waals surface area contributed by atoms with Gasteiger partial charge >= 0.3 is 0 Å². The fourth-order valence-corrected chi connectivity index (χ4v) is 1.65. The highest BCUT2D eigenvalue weighted by Gasteiger charge is 2.14. The molecule has 0 fully saturated rings. The van der Waals surface area contributed by atoms with E-state index in [9.17, 15) is 4.79 Å². The number of halogens is 1. The van der Waals surface area contributed by atoms with E-state index in [0.717, 1.165) is 11.1 Å². The van der Waals surface area contributed by atoms with Crippen LogP contribution >= 0.6 is 11.6 Å². The van der Waals surface area contributed by atoms with E-state index in [-0.39, 0.29) is 12.5 Å². The van der Waals surface area contributed by atoms with Gasteiger partial charge in [-0.1, -0.05) is 11.6 Å². The fraction of sp³-hybridized carbons (Fsp3) is 0.545. The van der Waals surface area contributed by atoms with Gasteiger partial charge in [-0.05, 0) is 31.9 Å². The molecular weight excluding hydrogens is 240 g/mol. The van der Waals surface area contributed by atoms with E-state index in [1.807, 2.05) is 20.8 Å². The molecule has 0 saturated carbocycles. The molecule has 1 heterocycles. The molecule has 0 aromatic carbocycles. The number of hydrogen-bond acceptors (Lipinski definition) is 4. The van der Waals surface area contributed by atoms with Gasteiger partial charge in [-0.3, -0.25) is 4.79 Å². The van der Waals surface area contributed by atoms with Crippen molar-refractivity contribution in [2.45, 2.75) is 20.8 Å². The van der Waals surface area contributed by atoms with Crippen LogP contribution < -0.4 is 10.2 Å². The van der Waals surface area contributed by atoms with Crippen molar-refractivity contribution in [3.05, 3.63) is 16.3 Å². The third kappa shape index (κ3) is 3.30. The second-order valence-electron chi connectivity index (χ2n) is 3.87. The molecule has 1 rings (SSSR count). The van der Waals surface area contributed by atoms with Gasteiger partial charge in [0.15, 0.2) is 11.0 Å². The third-order valence-corrected chi connectivity index (χ3v) is 2.92. The summed E-state index contributed by atoms with van der Waals surface area (Å²) in [5, 5.41) is 11.0. The Bertz CT molecular complexity index is 422. The second-order valence-corrected chi connectivity index (χ2v) is 4.23. The second kappa shape index (κ2) is 5.82. The number of rotatable bonds is 4. The average Bonchev–Trinajstić information content (AvgIpc) is 2.26. The molecule has 17 heavy (non-hydrogen) atoms. The summed E-state index contributed by atoms with van der Waals surface area (Å²) in [6, 6.07) is 0. The van der Waals surface area contributed by atoms with Crippen LogP contribution in [0.3, 0.4) is 0 Å². The van der Waals surface area contributed by atoms with E-state index in [2.05, 4.69) is 15.5 Å². The number of nitrogens with zero attached hydrogens (tertiary/aromatic N) is 3. The molecule has 1 aromatic heterocycles. The minimum absolute atomic E-state index is 0.0381. The predicted molar refractivity (Wildman–Crippen MR) is 68.5 cm³/mol. The molecule has 0 unspecified atom stereocenters. The average molecular weight is 257 g/mol. The lowest BCUT2D eigenvalue weighted by atomic mass is 10.2. The molecule has 1 N–H and O–H groups in total. The summed E-state index contributed by atoms with van der Waals surface area (Å²) in [4.78, 5) is 13.2. The molecule has 1 amide bonds. The molecular formula is C11H17ClN4O. The fourth-order valence-electron chi connectivity index (χ4n) is 1.47. The van der Waals surface area contributed by atoms with Crippen molar-refractivity contribution in [1.82, 2.24) is 15.5 Å². The standard InChI is InChI=1S/C11H17ClN4O/c1-5-13-9(17)6-16(4)11-8(3)7(2)10(12)14-15-11/h5-6H2,1-4H3,(H,13,17). The summed E-state index contributed by atoms with van der Waals surface area (Å²) >= 11 is 5.87. The van der Waals surface area contributed by atoms with E-state index < -0.39 is 0 Å². The number of carbonyl (C=O) groups is 1. The smallest absolute Gasteiger partial charge is 0.239 e. The lowest BCUT2D eigenvalue weighted by Crippen LogP contribution is -2.35. The lowest BCUT2D eigenvalue weighted by molar-refractivity contribution is -0.119. The first kappa shape index (κ1) is 13.7. The molecule has 0 aliphatic rings. The molecule has 94 valence electrons. The summed E-state index contributed by atoms with van der Waals surface area (Å²) in [7, 11) is 1.81. The maximum Gasteiger partial charge on any atom is 0.239 e. The number of carbonyl (C=O) groups excluding carboxylic acids is 1. The minimum Gasteiger partial charge on any atom is -0.355 e. The molecule has 0 aliphatic heterocycles. The van der Waals surface area contributed by atoms with E-state index in [1.165, 1.54) is 0 Å². The lowest BCUT2D eigenvalue weighted by Gasteiger charge is -2.19. The van der Waals surface area contributed by atoms with Gasteiger partial charge in [0.05, 0.1) is 6.54 Å². The van der Waals surface area contributed by atoms with Gasteiger partial charge in [0.2, 0.25) is 5.91 Å². The van der Waals surface area contributed by atoms with E-state index >= 15 is 0 Å². The summed E-state index contributed by atoms with van der Waals surface area (Å²) in [5.74, 6) is 0.641. The minimum atomic E-state index is -0.0381. The van der Waals surface area contributed by atoms with Crippen LogP contribution in [0.25, 0.3) is 0 Å². The van der Waals surface area contributed by atoms with Crippen LogP contribution in [0.2, 0.25) is 5.15 Å². The maximum absolute atomic E-state index is 11.5. The van der Waals surface area contributed by atoms with Gasteiger partial charge in [0, 0.05) is 13.6 Å². The van der Waals surface area contributed by atoms with Gasteiger partial charge in [-0.25, -0.2) is 0 Å². The summed E-state index contributed by atoms with van der Waals surface area (Å²) in [6.45, 7) is 6.56. The van der Waals surface area contributed by atoms with Crippen molar-refractivity contribution in [2.24, 2.45) is 0 Å². The first-order valence-corrected chi connectivity index (χ1v) is 5.82. The number of anilines is 1. The van der Waals surface area contributed by atoms with Crippen LogP contribution in [0, 0.1) is 13.8 Å². The van der Waals surface area contributed by atoms with E-state index in [0.29, 0.717) is 17.5 Å². The Morgan fingerprint density at radius 2 is 2.00 bits per heavy atom. The first-order chi connectivity index (χ1) is 7.97.